The van der Waals surface area contributed by atoms with Crippen molar-refractivity contribution < 1.29 is 80.2 Å². The lowest BCUT2D eigenvalue weighted by molar-refractivity contribution is -0.161. The normalized spacial score (nSPS) is 14.4. The van der Waals surface area contributed by atoms with E-state index in [4.69, 9.17) is 37.0 Å². The Morgan fingerprint density at radius 2 is 0.523 bits per heavy atom. The summed E-state index contributed by atoms with van der Waals surface area (Å²) in [5, 5.41) is 10.7. The zero-order valence-corrected chi connectivity index (χ0v) is 71.7. The number of phosphoric ester groups is 2. The van der Waals surface area contributed by atoms with Crippen molar-refractivity contribution in [3.8, 4) is 0 Å². The molecule has 0 aromatic rings. The van der Waals surface area contributed by atoms with Gasteiger partial charge in [-0.15, -0.1) is 0 Å². The van der Waals surface area contributed by atoms with Crippen LogP contribution < -0.4 is 0 Å². The first-order valence-electron chi connectivity index (χ1n) is 44.9. The van der Waals surface area contributed by atoms with Crippen molar-refractivity contribution in [2.45, 2.75) is 464 Å². The van der Waals surface area contributed by atoms with Crippen LogP contribution in [-0.4, -0.2) is 96.7 Å². The Labute approximate surface area is 656 Å². The van der Waals surface area contributed by atoms with Crippen LogP contribution in [-0.2, 0) is 65.4 Å². The molecule has 0 radical (unpaired) electrons. The van der Waals surface area contributed by atoms with Crippen LogP contribution in [0.25, 0.3) is 0 Å². The molecule has 632 valence electrons. The number of aliphatic hydroxyl groups excluding tert-OH is 1. The molecule has 0 saturated carbocycles. The molecule has 0 aliphatic heterocycles. The van der Waals surface area contributed by atoms with Crippen LogP contribution in [0.15, 0.2) is 24.3 Å². The number of unbranched alkanes of at least 4 members (excludes halogenated alkanes) is 50. The third-order valence-electron chi connectivity index (χ3n) is 20.8. The van der Waals surface area contributed by atoms with Crippen molar-refractivity contribution >= 4 is 39.5 Å². The summed E-state index contributed by atoms with van der Waals surface area (Å²) in [7, 11) is -9.94. The Morgan fingerprint density at radius 3 is 0.794 bits per heavy atom. The maximum absolute atomic E-state index is 13.2. The molecular formula is C88H168O17P2. The highest BCUT2D eigenvalue weighted by atomic mass is 31.2. The van der Waals surface area contributed by atoms with Gasteiger partial charge in [0.15, 0.2) is 12.2 Å². The average molecular weight is 1560 g/mol. The van der Waals surface area contributed by atoms with Gasteiger partial charge in [0, 0.05) is 25.7 Å². The fourth-order valence-corrected chi connectivity index (χ4v) is 14.7. The largest absolute Gasteiger partial charge is 0.472 e. The lowest BCUT2D eigenvalue weighted by Crippen LogP contribution is -2.30. The lowest BCUT2D eigenvalue weighted by atomic mass is 9.99. The van der Waals surface area contributed by atoms with Gasteiger partial charge in [-0.1, -0.05) is 393 Å². The molecule has 0 spiro atoms. The number of aliphatic hydroxyl groups is 1. The van der Waals surface area contributed by atoms with Gasteiger partial charge in [-0.3, -0.25) is 37.3 Å². The van der Waals surface area contributed by atoms with Gasteiger partial charge in [-0.2, -0.15) is 0 Å². The number of hydrogen-bond acceptors (Lipinski definition) is 15. The van der Waals surface area contributed by atoms with Gasteiger partial charge in [0.05, 0.1) is 26.4 Å². The summed E-state index contributed by atoms with van der Waals surface area (Å²) in [6.45, 7) is 9.63. The van der Waals surface area contributed by atoms with Crippen LogP contribution in [0.3, 0.4) is 0 Å². The third-order valence-corrected chi connectivity index (χ3v) is 22.7. The molecule has 3 N–H and O–H groups in total. The van der Waals surface area contributed by atoms with Gasteiger partial charge in [0.2, 0.25) is 0 Å². The van der Waals surface area contributed by atoms with E-state index in [1.165, 1.54) is 244 Å². The second-order valence-corrected chi connectivity index (χ2v) is 34.3. The molecule has 107 heavy (non-hydrogen) atoms. The first-order valence-corrected chi connectivity index (χ1v) is 47.9. The lowest BCUT2D eigenvalue weighted by Gasteiger charge is -2.21. The van der Waals surface area contributed by atoms with Crippen molar-refractivity contribution in [2.75, 3.05) is 39.6 Å². The van der Waals surface area contributed by atoms with Gasteiger partial charge in [0.25, 0.3) is 0 Å². The Morgan fingerprint density at radius 1 is 0.299 bits per heavy atom. The van der Waals surface area contributed by atoms with E-state index in [1.54, 1.807) is 0 Å². The highest BCUT2D eigenvalue weighted by molar-refractivity contribution is 7.47. The van der Waals surface area contributed by atoms with E-state index in [1.807, 2.05) is 0 Å². The predicted octanol–water partition coefficient (Wildman–Crippen LogP) is 26.6. The molecule has 0 heterocycles. The van der Waals surface area contributed by atoms with Crippen LogP contribution in [0.1, 0.15) is 446 Å². The van der Waals surface area contributed by atoms with Crippen molar-refractivity contribution in [1.29, 1.82) is 0 Å². The van der Waals surface area contributed by atoms with Crippen molar-refractivity contribution in [3.05, 3.63) is 24.3 Å². The second-order valence-electron chi connectivity index (χ2n) is 31.4. The number of phosphoric acid groups is 2. The Bertz CT molecular complexity index is 2140. The molecule has 0 fully saturated rings. The zero-order chi connectivity index (χ0) is 78.5. The minimum absolute atomic E-state index is 0.0844. The minimum atomic E-state index is -4.97. The van der Waals surface area contributed by atoms with E-state index < -0.39 is 97.5 Å². The average Bonchev–Trinajstić information content (AvgIpc) is 0.895. The van der Waals surface area contributed by atoms with Crippen LogP contribution >= 0.6 is 15.6 Å². The molecule has 19 heteroatoms. The highest BCUT2D eigenvalue weighted by Crippen LogP contribution is 2.45. The summed E-state index contributed by atoms with van der Waals surface area (Å²) >= 11 is 0. The molecule has 0 aliphatic rings. The van der Waals surface area contributed by atoms with Crippen molar-refractivity contribution in [3.63, 3.8) is 0 Å². The molecule has 0 amide bonds. The fraction of sp³-hybridized carbons (Fsp3) is 0.909. The number of rotatable bonds is 85. The molecule has 4 unspecified atom stereocenters. The van der Waals surface area contributed by atoms with E-state index in [2.05, 4.69) is 65.8 Å². The first kappa shape index (κ1) is 105. The number of ether oxygens (including phenoxy) is 4. The quantitative estimate of drug-likeness (QED) is 0.0169. The molecule has 17 nitrogen and oxygen atoms in total. The van der Waals surface area contributed by atoms with E-state index in [0.717, 1.165) is 121 Å². The van der Waals surface area contributed by atoms with Gasteiger partial charge < -0.3 is 33.8 Å². The van der Waals surface area contributed by atoms with E-state index in [-0.39, 0.29) is 25.7 Å². The van der Waals surface area contributed by atoms with E-state index in [9.17, 15) is 43.2 Å². The summed E-state index contributed by atoms with van der Waals surface area (Å²) in [4.78, 5) is 73.2. The topological polar surface area (TPSA) is 237 Å². The van der Waals surface area contributed by atoms with Gasteiger partial charge in [-0.05, 0) is 63.2 Å². The van der Waals surface area contributed by atoms with Crippen LogP contribution in [0.2, 0.25) is 0 Å². The zero-order valence-electron chi connectivity index (χ0n) is 69.9. The number of carbonyl (C=O) groups excluding carboxylic acids is 4. The Kier molecular flexibility index (Phi) is 77.0. The number of esters is 4. The summed E-state index contributed by atoms with van der Waals surface area (Å²) in [6.07, 6.45) is 74.5. The van der Waals surface area contributed by atoms with Crippen molar-refractivity contribution in [1.82, 2.24) is 0 Å². The number of hydrogen-bond donors (Lipinski definition) is 3. The molecule has 0 aromatic heterocycles. The molecule has 0 aromatic carbocycles. The summed E-state index contributed by atoms with van der Waals surface area (Å²) in [5.41, 5.74) is 0. The van der Waals surface area contributed by atoms with E-state index >= 15 is 0 Å². The maximum atomic E-state index is 13.2. The van der Waals surface area contributed by atoms with Gasteiger partial charge >= 0.3 is 39.5 Å². The summed E-state index contributed by atoms with van der Waals surface area (Å²) < 4.78 is 68.9. The molecule has 0 rings (SSSR count). The second kappa shape index (κ2) is 78.8. The van der Waals surface area contributed by atoms with Crippen molar-refractivity contribution in [2.24, 2.45) is 11.8 Å². The van der Waals surface area contributed by atoms with E-state index in [0.29, 0.717) is 25.7 Å². The Balaban J connectivity index is 5.25. The molecule has 0 aliphatic carbocycles. The highest BCUT2D eigenvalue weighted by Gasteiger charge is 2.30. The van der Waals surface area contributed by atoms with Crippen LogP contribution in [0, 0.1) is 11.8 Å². The van der Waals surface area contributed by atoms with Gasteiger partial charge in [0.1, 0.15) is 19.3 Å². The molecule has 0 saturated heterocycles. The number of allylic oxidation sites excluding steroid dienone is 4. The van der Waals surface area contributed by atoms with Gasteiger partial charge in [-0.25, -0.2) is 9.13 Å². The summed E-state index contributed by atoms with van der Waals surface area (Å²) in [5.74, 6) is -0.536. The smallest absolute Gasteiger partial charge is 0.462 e. The molecule has 7 atom stereocenters. The SMILES string of the molecule is CCCCCC/C=C\C=C/CCCCCCCC(=O)O[C@H](COC(=O)CCCCCCCCC(C)CC)COP(=O)(O)OC[C@H](O)COP(=O)(O)OC[C@@H](COC(=O)CCCCCCCCCCCCCCCCCCCCCC)OC(=O)CCCCCCCCCCCCCCCCCCCCC(C)CC. The minimum Gasteiger partial charge on any atom is -0.462 e. The third kappa shape index (κ3) is 78.6. The van der Waals surface area contributed by atoms with Crippen LogP contribution in [0.4, 0.5) is 0 Å². The molecule has 0 bridgehead atoms. The molecular weight excluding hydrogens is 1390 g/mol. The standard InChI is InChI=1S/C88H168O17P2/c1-7-11-13-15-17-19-21-23-25-26-27-28-32-36-39-43-47-51-58-64-70-85(90)98-76-83(104-87(92)72-67-61-53-49-45-41-37-33-30-29-31-35-38-42-46-50-56-62-68-80(5)9-3)78-102-106(94,95)100-74-82(89)75-101-107(96,97)103-79-84(77-99-86(91)71-65-59-55-54-57-63-69-81(6)10-4)105-88(93)73-66-60-52-48-44-40-34-24-22-20-18-16-14-12-8-2/h20,22,24,34,80-84,89H,7-19,21,23,25-33,35-79H2,1-6H3,(H,94,95)(H,96,97)/b22-20-,34-24-/t80?,81?,82-,83-,84-/m1/s1. The first-order chi connectivity index (χ1) is 51.9. The Hall–Kier alpha value is -2.46. The predicted molar refractivity (Wildman–Crippen MR) is 441 cm³/mol. The fourth-order valence-electron chi connectivity index (χ4n) is 13.2. The monoisotopic (exact) mass is 1560 g/mol. The van der Waals surface area contributed by atoms with Crippen LogP contribution in [0.5, 0.6) is 0 Å². The maximum Gasteiger partial charge on any atom is 0.472 e. The summed E-state index contributed by atoms with van der Waals surface area (Å²) in [6, 6.07) is 0. The number of carbonyl (C=O) groups is 4.